The van der Waals surface area contributed by atoms with Gasteiger partial charge in [0, 0.05) is 19.8 Å². The summed E-state index contributed by atoms with van der Waals surface area (Å²) in [5, 5.41) is 4.78. The lowest BCUT2D eigenvalue weighted by Gasteiger charge is -2.21. The zero-order valence-electron chi connectivity index (χ0n) is 6.82. The molecule has 1 rings (SSSR count). The van der Waals surface area contributed by atoms with E-state index in [1.165, 1.54) is 0 Å². The lowest BCUT2D eigenvalue weighted by molar-refractivity contribution is 0.0678. The Balaban J connectivity index is 2.22. The van der Waals surface area contributed by atoms with Crippen LogP contribution in [0.1, 0.15) is 12.8 Å². The van der Waals surface area contributed by atoms with E-state index >= 15 is 0 Å². The van der Waals surface area contributed by atoms with Gasteiger partial charge in [-0.05, 0) is 18.8 Å². The van der Waals surface area contributed by atoms with Crippen LogP contribution in [0.5, 0.6) is 0 Å². The molecule has 0 radical (unpaired) electrons. The number of hydrogen-bond acceptors (Lipinski definition) is 3. The molecule has 1 saturated heterocycles. The molecule has 0 spiro atoms. The van der Waals surface area contributed by atoms with Crippen molar-refractivity contribution in [1.82, 2.24) is 4.72 Å². The first kappa shape index (κ1) is 9.91. The maximum Gasteiger partial charge on any atom is 0.274 e. The van der Waals surface area contributed by atoms with Gasteiger partial charge < -0.3 is 4.74 Å². The van der Waals surface area contributed by atoms with Crippen molar-refractivity contribution in [2.24, 2.45) is 11.1 Å². The molecule has 0 saturated carbocycles. The maximum absolute atomic E-state index is 10.5. The molecular formula is C6H14N2O3S. The molecule has 0 bridgehead atoms. The van der Waals surface area contributed by atoms with Crippen molar-refractivity contribution in [3.63, 3.8) is 0 Å². The monoisotopic (exact) mass is 194 g/mol. The van der Waals surface area contributed by atoms with Crippen molar-refractivity contribution in [1.29, 1.82) is 0 Å². The van der Waals surface area contributed by atoms with Gasteiger partial charge in [-0.25, -0.2) is 9.86 Å². The molecule has 0 aromatic heterocycles. The minimum Gasteiger partial charge on any atom is -0.381 e. The number of rotatable bonds is 3. The average Bonchev–Trinajstić information content (AvgIpc) is 2.02. The fourth-order valence-corrected chi connectivity index (χ4v) is 1.65. The van der Waals surface area contributed by atoms with Gasteiger partial charge in [-0.2, -0.15) is 8.42 Å². The summed E-state index contributed by atoms with van der Waals surface area (Å²) in [5.41, 5.74) is 0. The van der Waals surface area contributed by atoms with Gasteiger partial charge in [0.05, 0.1) is 0 Å². The molecule has 0 amide bonds. The summed E-state index contributed by atoms with van der Waals surface area (Å²) >= 11 is 0. The Morgan fingerprint density at radius 2 is 2.00 bits per heavy atom. The molecule has 0 atom stereocenters. The molecule has 0 unspecified atom stereocenters. The second-order valence-corrected chi connectivity index (χ2v) is 4.33. The van der Waals surface area contributed by atoms with Crippen LogP contribution < -0.4 is 9.86 Å². The van der Waals surface area contributed by atoms with Crippen molar-refractivity contribution in [3.05, 3.63) is 0 Å². The van der Waals surface area contributed by atoms with Gasteiger partial charge in [-0.15, -0.1) is 0 Å². The Morgan fingerprint density at radius 3 is 2.50 bits per heavy atom. The number of nitrogens with one attached hydrogen (secondary N) is 1. The Kier molecular flexibility index (Phi) is 3.45. The normalized spacial score (nSPS) is 21.1. The molecule has 12 heavy (non-hydrogen) atoms. The van der Waals surface area contributed by atoms with Crippen molar-refractivity contribution in [2.75, 3.05) is 19.8 Å². The standard InChI is InChI=1S/C6H14N2O3S/c7-12(9,10)8-5-6-1-3-11-4-2-6/h6,8H,1-5H2,(H2,7,9,10). The molecule has 3 N–H and O–H groups in total. The molecule has 1 aliphatic heterocycles. The van der Waals surface area contributed by atoms with Gasteiger partial charge in [-0.3, -0.25) is 0 Å². The van der Waals surface area contributed by atoms with Crippen LogP contribution in [0, 0.1) is 5.92 Å². The summed E-state index contributed by atoms with van der Waals surface area (Å²) in [6.07, 6.45) is 1.81. The van der Waals surface area contributed by atoms with Crippen LogP contribution in [-0.4, -0.2) is 28.2 Å². The van der Waals surface area contributed by atoms with Crippen LogP contribution >= 0.6 is 0 Å². The largest absolute Gasteiger partial charge is 0.381 e. The molecule has 1 fully saturated rings. The van der Waals surface area contributed by atoms with Crippen LogP contribution in [0.25, 0.3) is 0 Å². The Hall–Kier alpha value is -0.170. The van der Waals surface area contributed by atoms with E-state index in [9.17, 15) is 8.42 Å². The van der Waals surface area contributed by atoms with E-state index in [2.05, 4.69) is 4.72 Å². The lowest BCUT2D eigenvalue weighted by Crippen LogP contribution is -2.36. The summed E-state index contributed by atoms with van der Waals surface area (Å²) < 4.78 is 28.4. The fourth-order valence-electron chi connectivity index (χ4n) is 1.18. The van der Waals surface area contributed by atoms with Crippen LogP contribution in [0.4, 0.5) is 0 Å². The van der Waals surface area contributed by atoms with Crippen LogP contribution in [0.15, 0.2) is 0 Å². The first-order valence-corrected chi connectivity index (χ1v) is 5.48. The highest BCUT2D eigenvalue weighted by Gasteiger charge is 2.14. The van der Waals surface area contributed by atoms with E-state index in [0.29, 0.717) is 12.5 Å². The van der Waals surface area contributed by atoms with E-state index in [1.54, 1.807) is 0 Å². The lowest BCUT2D eigenvalue weighted by atomic mass is 10.0. The molecule has 5 nitrogen and oxygen atoms in total. The van der Waals surface area contributed by atoms with Gasteiger partial charge in [0.15, 0.2) is 0 Å². The highest BCUT2D eigenvalue weighted by atomic mass is 32.2. The van der Waals surface area contributed by atoms with E-state index in [1.807, 2.05) is 0 Å². The second-order valence-electron chi connectivity index (χ2n) is 2.95. The van der Waals surface area contributed by atoms with Crippen molar-refractivity contribution in [3.8, 4) is 0 Å². The molecule has 0 aromatic carbocycles. The average molecular weight is 194 g/mol. The highest BCUT2D eigenvalue weighted by Crippen LogP contribution is 2.12. The van der Waals surface area contributed by atoms with Gasteiger partial charge in [0.2, 0.25) is 0 Å². The molecule has 1 heterocycles. The topological polar surface area (TPSA) is 81.4 Å². The Bertz CT molecular complexity index is 221. The smallest absolute Gasteiger partial charge is 0.274 e. The van der Waals surface area contributed by atoms with Crippen molar-refractivity contribution >= 4 is 10.2 Å². The minimum atomic E-state index is -3.51. The third kappa shape index (κ3) is 4.01. The third-order valence-corrected chi connectivity index (χ3v) is 2.48. The predicted octanol–water partition coefficient (Wildman–Crippen LogP) is -0.794. The summed E-state index contributed by atoms with van der Waals surface area (Å²) in [6, 6.07) is 0. The van der Waals surface area contributed by atoms with Crippen LogP contribution in [0.2, 0.25) is 0 Å². The highest BCUT2D eigenvalue weighted by molar-refractivity contribution is 7.87. The van der Waals surface area contributed by atoms with Crippen LogP contribution in [0.3, 0.4) is 0 Å². The second kappa shape index (κ2) is 4.18. The molecule has 6 heteroatoms. The van der Waals surface area contributed by atoms with Crippen LogP contribution in [-0.2, 0) is 14.9 Å². The third-order valence-electron chi connectivity index (χ3n) is 1.91. The molecular weight excluding hydrogens is 180 g/mol. The molecule has 1 aliphatic rings. The zero-order chi connectivity index (χ0) is 9.03. The van der Waals surface area contributed by atoms with E-state index < -0.39 is 10.2 Å². The Labute approximate surface area is 72.5 Å². The number of nitrogens with two attached hydrogens (primary N) is 1. The minimum absolute atomic E-state index is 0.372. The number of hydrogen-bond donors (Lipinski definition) is 2. The van der Waals surface area contributed by atoms with Crippen molar-refractivity contribution in [2.45, 2.75) is 12.8 Å². The molecule has 0 aliphatic carbocycles. The van der Waals surface area contributed by atoms with Gasteiger partial charge in [-0.1, -0.05) is 0 Å². The first-order valence-electron chi connectivity index (χ1n) is 3.93. The van der Waals surface area contributed by atoms with E-state index in [-0.39, 0.29) is 0 Å². The molecule has 72 valence electrons. The summed E-state index contributed by atoms with van der Waals surface area (Å²) in [7, 11) is -3.51. The van der Waals surface area contributed by atoms with Crippen molar-refractivity contribution < 1.29 is 13.2 Å². The Morgan fingerprint density at radius 1 is 1.42 bits per heavy atom. The van der Waals surface area contributed by atoms with Gasteiger partial charge in [0.25, 0.3) is 10.2 Å². The fraction of sp³-hybridized carbons (Fsp3) is 1.00. The SMILES string of the molecule is NS(=O)(=O)NCC1CCOCC1. The first-order chi connectivity index (χ1) is 5.58. The zero-order valence-corrected chi connectivity index (χ0v) is 7.64. The van der Waals surface area contributed by atoms with E-state index in [0.717, 1.165) is 26.1 Å². The maximum atomic E-state index is 10.5. The number of ether oxygens (including phenoxy) is 1. The van der Waals surface area contributed by atoms with E-state index in [4.69, 9.17) is 9.88 Å². The molecule has 0 aromatic rings. The van der Waals surface area contributed by atoms with Gasteiger partial charge in [0.1, 0.15) is 0 Å². The summed E-state index contributed by atoms with van der Waals surface area (Å²) in [4.78, 5) is 0. The quantitative estimate of drug-likeness (QED) is 0.617. The van der Waals surface area contributed by atoms with Gasteiger partial charge >= 0.3 is 0 Å². The predicted molar refractivity (Wildman–Crippen MR) is 44.7 cm³/mol. The summed E-state index contributed by atoms with van der Waals surface area (Å²) in [5.74, 6) is 0.372. The summed E-state index contributed by atoms with van der Waals surface area (Å²) in [6.45, 7) is 1.87.